The first kappa shape index (κ1) is 15.1. The van der Waals surface area contributed by atoms with Crippen molar-refractivity contribution in [3.05, 3.63) is 46.9 Å². The van der Waals surface area contributed by atoms with Gasteiger partial charge in [0.2, 0.25) is 0 Å². The standard InChI is InChI=1S/C14H11ClF3N3O/c1-22-6-13(14(16,17)18)9-4-8(15)2-3-11(9)21-12-10(13)5-19-7-20-12/h2-5,7H,6H2,1H3,(H,19,20,21). The average molecular weight is 330 g/mol. The van der Waals surface area contributed by atoms with Gasteiger partial charge in [-0.05, 0) is 23.8 Å². The lowest BCUT2D eigenvalue weighted by Gasteiger charge is -2.40. The molecule has 0 aliphatic carbocycles. The highest BCUT2D eigenvalue weighted by molar-refractivity contribution is 6.30. The molecule has 2 heterocycles. The fourth-order valence-electron chi connectivity index (χ4n) is 2.75. The van der Waals surface area contributed by atoms with Crippen LogP contribution < -0.4 is 5.32 Å². The summed E-state index contributed by atoms with van der Waals surface area (Å²) in [5, 5.41) is 3.10. The maximum absolute atomic E-state index is 14.1. The van der Waals surface area contributed by atoms with Crippen LogP contribution in [0.15, 0.2) is 30.7 Å². The Hall–Kier alpha value is -1.86. The molecule has 1 unspecified atom stereocenters. The molecule has 1 N–H and O–H groups in total. The fourth-order valence-corrected chi connectivity index (χ4v) is 2.92. The molecule has 3 rings (SSSR count). The molecule has 116 valence electrons. The lowest BCUT2D eigenvalue weighted by Crippen LogP contribution is -2.49. The molecule has 8 heteroatoms. The Morgan fingerprint density at radius 3 is 2.77 bits per heavy atom. The maximum atomic E-state index is 14.1. The Morgan fingerprint density at radius 2 is 2.09 bits per heavy atom. The molecule has 0 spiro atoms. The number of rotatable bonds is 2. The number of alkyl halides is 3. The van der Waals surface area contributed by atoms with Crippen molar-refractivity contribution in [2.75, 3.05) is 19.0 Å². The van der Waals surface area contributed by atoms with Gasteiger partial charge in [-0.1, -0.05) is 11.6 Å². The first-order valence-electron chi connectivity index (χ1n) is 6.33. The van der Waals surface area contributed by atoms with Crippen LogP contribution in [0.2, 0.25) is 5.02 Å². The van der Waals surface area contributed by atoms with Gasteiger partial charge in [0.05, 0.1) is 6.61 Å². The fraction of sp³-hybridized carbons (Fsp3) is 0.286. The highest BCUT2D eigenvalue weighted by Crippen LogP contribution is 2.53. The molecular formula is C14H11ClF3N3O. The summed E-state index contributed by atoms with van der Waals surface area (Å²) in [5.41, 5.74) is -2.16. The van der Waals surface area contributed by atoms with Crippen molar-refractivity contribution in [3.8, 4) is 0 Å². The average Bonchev–Trinajstić information content (AvgIpc) is 2.46. The van der Waals surface area contributed by atoms with E-state index in [0.29, 0.717) is 5.69 Å². The van der Waals surface area contributed by atoms with Gasteiger partial charge in [0.1, 0.15) is 17.6 Å². The zero-order valence-corrected chi connectivity index (χ0v) is 12.2. The molecule has 1 aromatic carbocycles. The maximum Gasteiger partial charge on any atom is 0.404 e. The van der Waals surface area contributed by atoms with Crippen LogP contribution in [0.25, 0.3) is 0 Å². The highest BCUT2D eigenvalue weighted by Gasteiger charge is 2.61. The zero-order valence-electron chi connectivity index (χ0n) is 11.4. The van der Waals surface area contributed by atoms with Gasteiger partial charge >= 0.3 is 6.18 Å². The molecular weight excluding hydrogens is 319 g/mol. The van der Waals surface area contributed by atoms with E-state index in [9.17, 15) is 13.2 Å². The predicted octanol–water partition coefficient (Wildman–Crippen LogP) is 3.68. The summed E-state index contributed by atoms with van der Waals surface area (Å²) < 4.78 is 47.1. The van der Waals surface area contributed by atoms with Crippen LogP contribution in [0.4, 0.5) is 24.7 Å². The van der Waals surface area contributed by atoms with Crippen LogP contribution in [0.3, 0.4) is 0 Å². The molecule has 0 amide bonds. The minimum absolute atomic E-state index is 0.00310. The molecule has 1 atom stereocenters. The van der Waals surface area contributed by atoms with Crippen molar-refractivity contribution in [3.63, 3.8) is 0 Å². The zero-order chi connectivity index (χ0) is 16.0. The molecule has 0 fully saturated rings. The van der Waals surface area contributed by atoms with Crippen molar-refractivity contribution in [1.29, 1.82) is 0 Å². The summed E-state index contributed by atoms with van der Waals surface area (Å²) in [4.78, 5) is 7.67. The Kier molecular flexibility index (Phi) is 3.49. The van der Waals surface area contributed by atoms with E-state index in [-0.39, 0.29) is 22.0 Å². The number of hydrogen-bond donors (Lipinski definition) is 1. The van der Waals surface area contributed by atoms with E-state index in [1.54, 1.807) is 0 Å². The van der Waals surface area contributed by atoms with Gasteiger partial charge in [0, 0.05) is 29.6 Å². The number of nitrogens with one attached hydrogen (secondary N) is 1. The second-order valence-electron chi connectivity index (χ2n) is 4.94. The van der Waals surface area contributed by atoms with Crippen molar-refractivity contribution < 1.29 is 17.9 Å². The summed E-state index contributed by atoms with van der Waals surface area (Å²) >= 11 is 5.91. The molecule has 4 nitrogen and oxygen atoms in total. The number of nitrogens with zero attached hydrogens (tertiary/aromatic N) is 2. The normalized spacial score (nSPS) is 20.0. The molecule has 1 aromatic heterocycles. The quantitative estimate of drug-likeness (QED) is 0.913. The summed E-state index contributed by atoms with van der Waals surface area (Å²) in [5.74, 6) is 0.110. The lowest BCUT2D eigenvalue weighted by atomic mass is 9.72. The third kappa shape index (κ3) is 2.04. The molecule has 22 heavy (non-hydrogen) atoms. The van der Waals surface area contributed by atoms with Crippen molar-refractivity contribution in [1.82, 2.24) is 9.97 Å². The number of ether oxygens (including phenoxy) is 1. The van der Waals surface area contributed by atoms with Gasteiger partial charge in [0.15, 0.2) is 0 Å². The number of benzene rings is 1. The van der Waals surface area contributed by atoms with E-state index >= 15 is 0 Å². The number of anilines is 2. The van der Waals surface area contributed by atoms with Gasteiger partial charge in [-0.2, -0.15) is 13.2 Å². The van der Waals surface area contributed by atoms with E-state index in [0.717, 1.165) is 6.20 Å². The SMILES string of the molecule is COCC1(C(F)(F)F)c2cc(Cl)ccc2Nc2ncncc21. The molecule has 2 aromatic rings. The molecule has 0 saturated heterocycles. The van der Waals surface area contributed by atoms with Gasteiger partial charge in [-0.15, -0.1) is 0 Å². The molecule has 0 saturated carbocycles. The van der Waals surface area contributed by atoms with Crippen LogP contribution in [-0.4, -0.2) is 29.9 Å². The van der Waals surface area contributed by atoms with Crippen LogP contribution in [0, 0.1) is 0 Å². The van der Waals surface area contributed by atoms with E-state index in [2.05, 4.69) is 15.3 Å². The predicted molar refractivity (Wildman–Crippen MR) is 75.5 cm³/mol. The Morgan fingerprint density at radius 1 is 1.32 bits per heavy atom. The first-order chi connectivity index (χ1) is 10.4. The molecule has 1 aliphatic heterocycles. The summed E-state index contributed by atoms with van der Waals surface area (Å²) in [6, 6.07) is 4.32. The Labute approximate surface area is 129 Å². The minimum Gasteiger partial charge on any atom is -0.383 e. The number of fused-ring (bicyclic) bond motifs is 2. The third-order valence-electron chi connectivity index (χ3n) is 3.71. The summed E-state index contributed by atoms with van der Waals surface area (Å²) in [6.45, 7) is -0.591. The summed E-state index contributed by atoms with van der Waals surface area (Å²) in [6.07, 6.45) is -2.25. The molecule has 1 aliphatic rings. The van der Waals surface area contributed by atoms with Gasteiger partial charge in [-0.3, -0.25) is 0 Å². The van der Waals surface area contributed by atoms with E-state index < -0.39 is 18.2 Å². The summed E-state index contributed by atoms with van der Waals surface area (Å²) in [7, 11) is 1.23. The van der Waals surface area contributed by atoms with Gasteiger partial charge < -0.3 is 10.1 Å². The largest absolute Gasteiger partial charge is 0.404 e. The molecule has 0 bridgehead atoms. The third-order valence-corrected chi connectivity index (χ3v) is 3.95. The van der Waals surface area contributed by atoms with Crippen molar-refractivity contribution in [2.24, 2.45) is 0 Å². The van der Waals surface area contributed by atoms with E-state index in [4.69, 9.17) is 16.3 Å². The highest BCUT2D eigenvalue weighted by atomic mass is 35.5. The molecule has 0 radical (unpaired) electrons. The lowest BCUT2D eigenvalue weighted by molar-refractivity contribution is -0.190. The van der Waals surface area contributed by atoms with Crippen LogP contribution in [0.1, 0.15) is 11.1 Å². The number of halogens is 4. The topological polar surface area (TPSA) is 47.0 Å². The van der Waals surface area contributed by atoms with Crippen LogP contribution in [-0.2, 0) is 10.2 Å². The van der Waals surface area contributed by atoms with Crippen molar-refractivity contribution in [2.45, 2.75) is 11.6 Å². The monoisotopic (exact) mass is 329 g/mol. The van der Waals surface area contributed by atoms with Crippen LogP contribution >= 0.6 is 11.6 Å². The first-order valence-corrected chi connectivity index (χ1v) is 6.71. The Balaban J connectivity index is 2.38. The Bertz CT molecular complexity index is 723. The van der Waals surface area contributed by atoms with Crippen molar-refractivity contribution >= 4 is 23.1 Å². The van der Waals surface area contributed by atoms with E-state index in [1.807, 2.05) is 0 Å². The van der Waals surface area contributed by atoms with E-state index in [1.165, 1.54) is 31.6 Å². The van der Waals surface area contributed by atoms with Gasteiger partial charge in [-0.25, -0.2) is 9.97 Å². The number of aromatic nitrogens is 2. The second kappa shape index (κ2) is 5.10. The van der Waals surface area contributed by atoms with Gasteiger partial charge in [0.25, 0.3) is 0 Å². The number of hydrogen-bond acceptors (Lipinski definition) is 4. The van der Waals surface area contributed by atoms with Crippen LogP contribution in [0.5, 0.6) is 0 Å². The second-order valence-corrected chi connectivity index (χ2v) is 5.37. The number of methoxy groups -OCH3 is 1. The minimum atomic E-state index is -4.61. The smallest absolute Gasteiger partial charge is 0.383 e.